The van der Waals surface area contributed by atoms with Crippen molar-refractivity contribution in [3.05, 3.63) is 52.9 Å². The summed E-state index contributed by atoms with van der Waals surface area (Å²) in [5, 5.41) is 0.640. The molecule has 0 bridgehead atoms. The Morgan fingerprint density at radius 3 is 2.76 bits per heavy atom. The quantitative estimate of drug-likeness (QED) is 0.906. The Kier molecular flexibility index (Phi) is 3.56. The van der Waals surface area contributed by atoms with E-state index in [2.05, 4.69) is 9.97 Å². The molecule has 2 aromatic rings. The molecule has 0 amide bonds. The third kappa shape index (κ3) is 2.54. The highest BCUT2D eigenvalue weighted by molar-refractivity contribution is 6.30. The number of hydrogen-bond acceptors (Lipinski definition) is 4. The van der Waals surface area contributed by atoms with E-state index in [4.69, 9.17) is 22.1 Å². The minimum Gasteiger partial charge on any atom is -0.480 e. The molecule has 1 atom stereocenters. The monoisotopic (exact) mass is 249 g/mol. The van der Waals surface area contributed by atoms with Crippen LogP contribution in [0.3, 0.4) is 0 Å². The van der Waals surface area contributed by atoms with E-state index in [9.17, 15) is 0 Å². The van der Waals surface area contributed by atoms with Gasteiger partial charge in [0, 0.05) is 17.4 Å². The van der Waals surface area contributed by atoms with Gasteiger partial charge < -0.3 is 10.5 Å². The molecule has 0 aliphatic heterocycles. The first-order chi connectivity index (χ1) is 8.22. The normalized spacial score (nSPS) is 12.2. The number of rotatable bonds is 3. The van der Waals surface area contributed by atoms with Gasteiger partial charge in [-0.15, -0.1) is 0 Å². The molecule has 0 spiro atoms. The Morgan fingerprint density at radius 2 is 2.06 bits per heavy atom. The van der Waals surface area contributed by atoms with Crippen LogP contribution in [0.15, 0.2) is 36.7 Å². The molecule has 0 saturated carbocycles. The molecular formula is C12H12ClN3O. The second kappa shape index (κ2) is 5.12. The lowest BCUT2D eigenvalue weighted by Gasteiger charge is -2.13. The van der Waals surface area contributed by atoms with Crippen LogP contribution in [0.25, 0.3) is 0 Å². The molecule has 1 heterocycles. The zero-order chi connectivity index (χ0) is 12.3. The highest BCUT2D eigenvalue weighted by Gasteiger charge is 2.16. The van der Waals surface area contributed by atoms with E-state index in [1.807, 2.05) is 12.1 Å². The molecule has 2 rings (SSSR count). The van der Waals surface area contributed by atoms with Crippen molar-refractivity contribution in [2.45, 2.75) is 6.04 Å². The smallest absolute Gasteiger partial charge is 0.237 e. The lowest BCUT2D eigenvalue weighted by atomic mass is 10.0. The number of methoxy groups -OCH3 is 1. The van der Waals surface area contributed by atoms with Gasteiger partial charge in [0.25, 0.3) is 0 Å². The maximum atomic E-state index is 6.12. The van der Waals surface area contributed by atoms with Crippen molar-refractivity contribution in [2.24, 2.45) is 5.73 Å². The van der Waals surface area contributed by atoms with E-state index in [1.165, 1.54) is 7.11 Å². The molecule has 0 aliphatic carbocycles. The molecule has 1 aromatic heterocycles. The number of nitrogens with zero attached hydrogens (tertiary/aromatic N) is 2. The summed E-state index contributed by atoms with van der Waals surface area (Å²) in [6.45, 7) is 0. The Balaban J connectivity index is 2.40. The second-order valence-corrected chi connectivity index (χ2v) is 3.92. The van der Waals surface area contributed by atoms with Crippen LogP contribution in [-0.4, -0.2) is 17.1 Å². The number of nitrogens with two attached hydrogens (primary N) is 1. The Labute approximate surface area is 104 Å². The van der Waals surface area contributed by atoms with Gasteiger partial charge in [-0.1, -0.05) is 23.7 Å². The summed E-state index contributed by atoms with van der Waals surface area (Å²) < 4.78 is 5.13. The average Bonchev–Trinajstić information content (AvgIpc) is 2.38. The van der Waals surface area contributed by atoms with Gasteiger partial charge in [0.2, 0.25) is 5.88 Å². The molecule has 0 saturated heterocycles. The maximum absolute atomic E-state index is 6.12. The van der Waals surface area contributed by atoms with Crippen molar-refractivity contribution in [3.63, 3.8) is 0 Å². The average molecular weight is 250 g/mol. The topological polar surface area (TPSA) is 61.0 Å². The summed E-state index contributed by atoms with van der Waals surface area (Å²) in [5.74, 6) is 0.431. The van der Waals surface area contributed by atoms with Gasteiger partial charge in [0.05, 0.1) is 13.2 Å². The van der Waals surface area contributed by atoms with E-state index in [-0.39, 0.29) is 0 Å². The summed E-state index contributed by atoms with van der Waals surface area (Å²) in [4.78, 5) is 8.27. The van der Waals surface area contributed by atoms with Crippen molar-refractivity contribution >= 4 is 11.6 Å². The molecule has 0 radical (unpaired) electrons. The molecule has 1 aromatic carbocycles. The summed E-state index contributed by atoms with van der Waals surface area (Å²) in [7, 11) is 1.54. The Morgan fingerprint density at radius 1 is 1.29 bits per heavy atom. The molecule has 1 unspecified atom stereocenters. The van der Waals surface area contributed by atoms with Crippen molar-refractivity contribution < 1.29 is 4.74 Å². The molecule has 2 N–H and O–H groups in total. The van der Waals surface area contributed by atoms with Crippen LogP contribution in [0.2, 0.25) is 5.02 Å². The third-order valence-electron chi connectivity index (χ3n) is 2.39. The summed E-state index contributed by atoms with van der Waals surface area (Å²) >= 11 is 5.93. The van der Waals surface area contributed by atoms with E-state index >= 15 is 0 Å². The van der Waals surface area contributed by atoms with Crippen molar-refractivity contribution in [1.82, 2.24) is 9.97 Å². The number of hydrogen-bond donors (Lipinski definition) is 1. The summed E-state index contributed by atoms with van der Waals surface area (Å²) in [6, 6.07) is 6.94. The van der Waals surface area contributed by atoms with Gasteiger partial charge in [-0.3, -0.25) is 4.98 Å². The molecule has 17 heavy (non-hydrogen) atoms. The number of aromatic nitrogens is 2. The summed E-state index contributed by atoms with van der Waals surface area (Å²) in [6.07, 6.45) is 3.15. The highest BCUT2D eigenvalue weighted by Crippen LogP contribution is 2.25. The van der Waals surface area contributed by atoms with Crippen LogP contribution >= 0.6 is 11.6 Å². The first-order valence-corrected chi connectivity index (χ1v) is 5.46. The maximum Gasteiger partial charge on any atom is 0.237 e. The highest BCUT2D eigenvalue weighted by atomic mass is 35.5. The predicted octanol–water partition coefficient (Wildman–Crippen LogP) is 2.19. The molecular weight excluding hydrogens is 238 g/mol. The van der Waals surface area contributed by atoms with Crippen LogP contribution in [0, 0.1) is 0 Å². The first-order valence-electron chi connectivity index (χ1n) is 5.08. The molecule has 0 fully saturated rings. The van der Waals surface area contributed by atoms with Gasteiger partial charge in [0.15, 0.2) is 0 Å². The van der Waals surface area contributed by atoms with Crippen LogP contribution in [0.5, 0.6) is 5.88 Å². The zero-order valence-corrected chi connectivity index (χ0v) is 10.1. The van der Waals surface area contributed by atoms with E-state index in [0.29, 0.717) is 16.6 Å². The summed E-state index contributed by atoms with van der Waals surface area (Å²) in [5.41, 5.74) is 7.59. The van der Waals surface area contributed by atoms with Crippen LogP contribution in [-0.2, 0) is 0 Å². The Bertz CT molecular complexity index is 519. The fourth-order valence-corrected chi connectivity index (χ4v) is 1.76. The minimum absolute atomic E-state index is 0.405. The first kappa shape index (κ1) is 11.8. The molecule has 5 heteroatoms. The second-order valence-electron chi connectivity index (χ2n) is 3.48. The predicted molar refractivity (Wildman–Crippen MR) is 66.1 cm³/mol. The fraction of sp³-hybridized carbons (Fsp3) is 0.167. The fourth-order valence-electron chi connectivity index (χ4n) is 1.56. The third-order valence-corrected chi connectivity index (χ3v) is 2.62. The molecule has 88 valence electrons. The lowest BCUT2D eigenvalue weighted by Crippen LogP contribution is -2.15. The van der Waals surface area contributed by atoms with Crippen molar-refractivity contribution in [1.29, 1.82) is 0 Å². The standard InChI is InChI=1S/C12H12ClN3O/c1-17-12-11(15-5-6-16-12)10(14)8-3-2-4-9(13)7-8/h2-7,10H,14H2,1H3. The van der Waals surface area contributed by atoms with E-state index < -0.39 is 6.04 Å². The van der Waals surface area contributed by atoms with Gasteiger partial charge in [-0.25, -0.2) is 4.98 Å². The van der Waals surface area contributed by atoms with E-state index in [1.54, 1.807) is 24.5 Å². The number of halogens is 1. The SMILES string of the molecule is COc1nccnc1C(N)c1cccc(Cl)c1. The van der Waals surface area contributed by atoms with Crippen molar-refractivity contribution in [3.8, 4) is 5.88 Å². The largest absolute Gasteiger partial charge is 0.480 e. The van der Waals surface area contributed by atoms with Crippen LogP contribution < -0.4 is 10.5 Å². The van der Waals surface area contributed by atoms with Crippen LogP contribution in [0.4, 0.5) is 0 Å². The van der Waals surface area contributed by atoms with Gasteiger partial charge in [-0.2, -0.15) is 0 Å². The Hall–Kier alpha value is -1.65. The number of benzene rings is 1. The zero-order valence-electron chi connectivity index (χ0n) is 9.30. The minimum atomic E-state index is -0.405. The van der Waals surface area contributed by atoms with Gasteiger partial charge >= 0.3 is 0 Å². The van der Waals surface area contributed by atoms with Gasteiger partial charge in [-0.05, 0) is 17.7 Å². The van der Waals surface area contributed by atoms with Crippen LogP contribution in [0.1, 0.15) is 17.3 Å². The van der Waals surface area contributed by atoms with Gasteiger partial charge in [0.1, 0.15) is 5.69 Å². The van der Waals surface area contributed by atoms with E-state index in [0.717, 1.165) is 5.56 Å². The molecule has 0 aliphatic rings. The molecule has 4 nitrogen and oxygen atoms in total. The number of ether oxygens (including phenoxy) is 1. The van der Waals surface area contributed by atoms with Crippen molar-refractivity contribution in [2.75, 3.05) is 7.11 Å². The lowest BCUT2D eigenvalue weighted by molar-refractivity contribution is 0.387.